The van der Waals surface area contributed by atoms with E-state index < -0.39 is 0 Å². The molecule has 2 N–H and O–H groups in total. The van der Waals surface area contributed by atoms with Crippen molar-refractivity contribution in [3.63, 3.8) is 0 Å². The third-order valence-electron chi connectivity index (χ3n) is 4.43. The molecule has 0 heterocycles. The number of nitrogens with zero attached hydrogens (tertiary/aromatic N) is 1. The summed E-state index contributed by atoms with van der Waals surface area (Å²) in [6, 6.07) is 5.68. The number of nitro benzene ring substituents is 1. The Morgan fingerprint density at radius 1 is 1.33 bits per heavy atom. The van der Waals surface area contributed by atoms with Gasteiger partial charge in [0.05, 0.1) is 4.92 Å². The maximum atomic E-state index is 11.0. The van der Waals surface area contributed by atoms with Crippen LogP contribution in [0, 0.1) is 23.0 Å². The van der Waals surface area contributed by atoms with Crippen LogP contribution < -0.4 is 5.32 Å². The van der Waals surface area contributed by atoms with Gasteiger partial charge in [-0.2, -0.15) is 0 Å². The molecule has 2 rings (SSSR count). The van der Waals surface area contributed by atoms with Crippen LogP contribution in [-0.2, 0) is 6.54 Å². The number of nitrogens with one attached hydrogen (secondary N) is 1. The minimum Gasteiger partial charge on any atom is -0.396 e. The van der Waals surface area contributed by atoms with Crippen LogP contribution >= 0.6 is 0 Å². The summed E-state index contributed by atoms with van der Waals surface area (Å²) in [5, 5.41) is 24.0. The maximum Gasteiger partial charge on any atom is 0.272 e. The Bertz CT molecular complexity index is 490. The van der Waals surface area contributed by atoms with Crippen molar-refractivity contribution in [2.75, 3.05) is 6.61 Å². The lowest BCUT2D eigenvalue weighted by Gasteiger charge is -2.24. The van der Waals surface area contributed by atoms with Gasteiger partial charge in [0.1, 0.15) is 0 Å². The molecule has 0 bridgehead atoms. The SMILES string of the molecule is Cc1ccc(CNC2CCCCCC2CO)cc1[N+](=O)[O-]. The molecule has 1 fully saturated rings. The van der Waals surface area contributed by atoms with E-state index in [1.54, 1.807) is 19.1 Å². The maximum absolute atomic E-state index is 11.0. The van der Waals surface area contributed by atoms with Gasteiger partial charge in [-0.3, -0.25) is 10.1 Å². The Morgan fingerprint density at radius 3 is 2.81 bits per heavy atom. The molecule has 0 aliphatic heterocycles. The van der Waals surface area contributed by atoms with E-state index in [1.807, 2.05) is 6.07 Å². The highest BCUT2D eigenvalue weighted by Gasteiger charge is 2.22. The number of rotatable bonds is 5. The van der Waals surface area contributed by atoms with Gasteiger partial charge < -0.3 is 10.4 Å². The lowest BCUT2D eigenvalue weighted by atomic mass is 9.95. The first-order chi connectivity index (χ1) is 10.1. The van der Waals surface area contributed by atoms with Gasteiger partial charge in [-0.25, -0.2) is 0 Å². The van der Waals surface area contributed by atoms with E-state index in [0.717, 1.165) is 18.4 Å². The van der Waals surface area contributed by atoms with Crippen LogP contribution in [0.4, 0.5) is 5.69 Å². The minimum atomic E-state index is -0.332. The van der Waals surface area contributed by atoms with Crippen molar-refractivity contribution in [3.05, 3.63) is 39.4 Å². The fourth-order valence-electron chi connectivity index (χ4n) is 3.08. The topological polar surface area (TPSA) is 75.4 Å². The van der Waals surface area contributed by atoms with Gasteiger partial charge in [0.2, 0.25) is 0 Å². The zero-order valence-electron chi connectivity index (χ0n) is 12.5. The van der Waals surface area contributed by atoms with E-state index in [0.29, 0.717) is 24.1 Å². The molecule has 1 aliphatic carbocycles. The van der Waals surface area contributed by atoms with Crippen LogP contribution in [-0.4, -0.2) is 22.7 Å². The molecule has 1 aromatic rings. The van der Waals surface area contributed by atoms with Crippen molar-refractivity contribution in [2.24, 2.45) is 5.92 Å². The normalized spacial score (nSPS) is 22.8. The van der Waals surface area contributed by atoms with Gasteiger partial charge in [-0.15, -0.1) is 0 Å². The summed E-state index contributed by atoms with van der Waals surface area (Å²) in [7, 11) is 0. The lowest BCUT2D eigenvalue weighted by Crippen LogP contribution is -2.36. The fourth-order valence-corrected chi connectivity index (χ4v) is 3.08. The number of benzene rings is 1. The number of aliphatic hydroxyl groups excluding tert-OH is 1. The highest BCUT2D eigenvalue weighted by atomic mass is 16.6. The van der Waals surface area contributed by atoms with Crippen molar-refractivity contribution >= 4 is 5.69 Å². The Labute approximate surface area is 125 Å². The molecule has 1 aliphatic rings. The summed E-state index contributed by atoms with van der Waals surface area (Å²) in [4.78, 5) is 10.6. The Kier molecular flexibility index (Phi) is 5.70. The number of nitro groups is 1. The molecule has 2 atom stereocenters. The van der Waals surface area contributed by atoms with E-state index in [4.69, 9.17) is 0 Å². The summed E-state index contributed by atoms with van der Waals surface area (Å²) in [5.41, 5.74) is 1.79. The van der Waals surface area contributed by atoms with E-state index >= 15 is 0 Å². The molecule has 1 saturated carbocycles. The number of hydrogen-bond donors (Lipinski definition) is 2. The van der Waals surface area contributed by atoms with E-state index in [9.17, 15) is 15.2 Å². The van der Waals surface area contributed by atoms with Gasteiger partial charge >= 0.3 is 0 Å². The zero-order chi connectivity index (χ0) is 15.2. The highest BCUT2D eigenvalue weighted by Crippen LogP contribution is 2.24. The summed E-state index contributed by atoms with van der Waals surface area (Å²) in [6.45, 7) is 2.58. The predicted molar refractivity (Wildman–Crippen MR) is 82.1 cm³/mol. The summed E-state index contributed by atoms with van der Waals surface area (Å²) in [5.74, 6) is 0.299. The minimum absolute atomic E-state index is 0.175. The van der Waals surface area contributed by atoms with Crippen molar-refractivity contribution in [2.45, 2.75) is 51.6 Å². The summed E-state index contributed by atoms with van der Waals surface area (Å²) >= 11 is 0. The molecule has 5 nitrogen and oxygen atoms in total. The first kappa shape index (κ1) is 15.9. The fraction of sp³-hybridized carbons (Fsp3) is 0.625. The number of aryl methyl sites for hydroxylation is 1. The lowest BCUT2D eigenvalue weighted by molar-refractivity contribution is -0.385. The van der Waals surface area contributed by atoms with Crippen LogP contribution in [0.3, 0.4) is 0 Å². The average Bonchev–Trinajstić information content (AvgIpc) is 2.70. The van der Waals surface area contributed by atoms with Gasteiger partial charge in [0, 0.05) is 30.8 Å². The van der Waals surface area contributed by atoms with Crippen molar-refractivity contribution in [1.82, 2.24) is 5.32 Å². The zero-order valence-corrected chi connectivity index (χ0v) is 12.5. The quantitative estimate of drug-likeness (QED) is 0.497. The standard InChI is InChI=1S/C16H24N2O3/c1-12-7-8-13(9-16(12)18(20)21)10-17-15-6-4-2-3-5-14(15)11-19/h7-9,14-15,17,19H,2-6,10-11H2,1H3. The molecular formula is C16H24N2O3. The van der Waals surface area contributed by atoms with Crippen molar-refractivity contribution < 1.29 is 10.0 Å². The molecular weight excluding hydrogens is 268 g/mol. The summed E-state index contributed by atoms with van der Waals surface area (Å²) < 4.78 is 0. The predicted octanol–water partition coefficient (Wildman–Crippen LogP) is 2.93. The summed E-state index contributed by atoms with van der Waals surface area (Å²) in [6.07, 6.45) is 5.72. The molecule has 0 saturated heterocycles. The largest absolute Gasteiger partial charge is 0.396 e. The molecule has 0 amide bonds. The molecule has 21 heavy (non-hydrogen) atoms. The average molecular weight is 292 g/mol. The third kappa shape index (κ3) is 4.25. The van der Waals surface area contributed by atoms with Crippen molar-refractivity contribution in [1.29, 1.82) is 0 Å². The van der Waals surface area contributed by atoms with Crippen LogP contribution in [0.15, 0.2) is 18.2 Å². The van der Waals surface area contributed by atoms with Crippen LogP contribution in [0.25, 0.3) is 0 Å². The van der Waals surface area contributed by atoms with Gasteiger partial charge in [0.15, 0.2) is 0 Å². The smallest absolute Gasteiger partial charge is 0.272 e. The number of hydrogen-bond acceptors (Lipinski definition) is 4. The third-order valence-corrected chi connectivity index (χ3v) is 4.43. The first-order valence-electron chi connectivity index (χ1n) is 7.70. The molecule has 5 heteroatoms. The molecule has 1 aromatic carbocycles. The van der Waals surface area contributed by atoms with Crippen molar-refractivity contribution in [3.8, 4) is 0 Å². The van der Waals surface area contributed by atoms with E-state index in [-0.39, 0.29) is 17.2 Å². The van der Waals surface area contributed by atoms with E-state index in [2.05, 4.69) is 5.32 Å². The molecule has 2 unspecified atom stereocenters. The Hall–Kier alpha value is -1.46. The number of aliphatic hydroxyl groups is 1. The highest BCUT2D eigenvalue weighted by molar-refractivity contribution is 5.42. The second-order valence-corrected chi connectivity index (χ2v) is 5.95. The molecule has 0 aromatic heterocycles. The van der Waals surface area contributed by atoms with Crippen LogP contribution in [0.1, 0.15) is 43.2 Å². The van der Waals surface area contributed by atoms with Crippen LogP contribution in [0.2, 0.25) is 0 Å². The van der Waals surface area contributed by atoms with E-state index in [1.165, 1.54) is 19.3 Å². The van der Waals surface area contributed by atoms with Gasteiger partial charge in [0.25, 0.3) is 5.69 Å². The monoisotopic (exact) mass is 292 g/mol. The molecule has 116 valence electrons. The van der Waals surface area contributed by atoms with Crippen LogP contribution in [0.5, 0.6) is 0 Å². The molecule has 0 spiro atoms. The molecule has 0 radical (unpaired) electrons. The Morgan fingerprint density at radius 2 is 2.10 bits per heavy atom. The van der Waals surface area contributed by atoms with Gasteiger partial charge in [-0.1, -0.05) is 31.4 Å². The second kappa shape index (κ2) is 7.52. The Balaban J connectivity index is 2.01. The van der Waals surface area contributed by atoms with Gasteiger partial charge in [-0.05, 0) is 31.2 Å². The first-order valence-corrected chi connectivity index (χ1v) is 7.70. The second-order valence-electron chi connectivity index (χ2n) is 5.95.